The largest absolute Gasteiger partial charge is 0.354 e. The number of nitrogens with one attached hydrogen (secondary N) is 1. The second kappa shape index (κ2) is 7.59. The highest BCUT2D eigenvalue weighted by atomic mass is 16.2. The van der Waals surface area contributed by atoms with Crippen molar-refractivity contribution in [3.05, 3.63) is 66.1 Å². The summed E-state index contributed by atoms with van der Waals surface area (Å²) >= 11 is 0. The van der Waals surface area contributed by atoms with Gasteiger partial charge in [-0.05, 0) is 56.5 Å². The van der Waals surface area contributed by atoms with E-state index in [1.807, 2.05) is 30.5 Å². The molecule has 0 bridgehead atoms. The first-order chi connectivity index (χ1) is 14.2. The van der Waals surface area contributed by atoms with Gasteiger partial charge in [0.2, 0.25) is 5.91 Å². The molecule has 3 heterocycles. The van der Waals surface area contributed by atoms with E-state index >= 15 is 0 Å². The summed E-state index contributed by atoms with van der Waals surface area (Å²) in [5.74, 6) is 1.58. The van der Waals surface area contributed by atoms with Gasteiger partial charge in [0, 0.05) is 24.1 Å². The molecule has 6 nitrogen and oxygen atoms in total. The Hall–Kier alpha value is -2.73. The lowest BCUT2D eigenvalue weighted by Gasteiger charge is -2.30. The number of carbonyl (C=O) groups is 1. The van der Waals surface area contributed by atoms with Crippen molar-refractivity contribution in [2.45, 2.75) is 37.0 Å². The number of nitrogens with zero attached hydrogens (tertiary/aromatic N) is 4. The molecule has 1 saturated heterocycles. The van der Waals surface area contributed by atoms with Gasteiger partial charge in [-0.3, -0.25) is 14.1 Å². The number of rotatable bonds is 6. The van der Waals surface area contributed by atoms with Crippen LogP contribution in [0.25, 0.3) is 5.65 Å². The molecule has 0 atom stereocenters. The van der Waals surface area contributed by atoms with Crippen molar-refractivity contribution in [2.75, 3.05) is 26.2 Å². The van der Waals surface area contributed by atoms with Gasteiger partial charge >= 0.3 is 0 Å². The average molecular weight is 390 g/mol. The molecule has 3 aromatic rings. The number of amides is 1. The highest BCUT2D eigenvalue weighted by molar-refractivity contribution is 5.78. The summed E-state index contributed by atoms with van der Waals surface area (Å²) in [6.07, 6.45) is 6.38. The normalized spacial score (nSPS) is 19.3. The van der Waals surface area contributed by atoms with E-state index in [2.05, 4.69) is 49.1 Å². The predicted octanol–water partition coefficient (Wildman–Crippen LogP) is 2.76. The zero-order chi connectivity index (χ0) is 19.7. The first-order valence-corrected chi connectivity index (χ1v) is 10.6. The molecule has 1 N–H and O–H groups in total. The molecule has 29 heavy (non-hydrogen) atoms. The van der Waals surface area contributed by atoms with Gasteiger partial charge in [0.15, 0.2) is 5.65 Å². The van der Waals surface area contributed by atoms with E-state index in [4.69, 9.17) is 0 Å². The molecule has 2 aliphatic rings. The SMILES string of the molecule is O=C(CN1CCC(c2nnc3ccccn23)CC1)NCC1(c2ccccc2)CC1. The van der Waals surface area contributed by atoms with Crippen molar-refractivity contribution in [2.24, 2.45) is 0 Å². The molecule has 2 aromatic heterocycles. The molecule has 1 saturated carbocycles. The summed E-state index contributed by atoms with van der Waals surface area (Å²) < 4.78 is 2.09. The van der Waals surface area contributed by atoms with Crippen LogP contribution in [-0.2, 0) is 10.2 Å². The van der Waals surface area contributed by atoms with Crippen LogP contribution < -0.4 is 5.32 Å². The van der Waals surface area contributed by atoms with Gasteiger partial charge in [-0.2, -0.15) is 0 Å². The van der Waals surface area contributed by atoms with Gasteiger partial charge in [0.05, 0.1) is 6.54 Å². The minimum Gasteiger partial charge on any atom is -0.354 e. The number of aromatic nitrogens is 3. The molecule has 5 rings (SSSR count). The quantitative estimate of drug-likeness (QED) is 0.704. The van der Waals surface area contributed by atoms with Gasteiger partial charge in [-0.1, -0.05) is 36.4 Å². The van der Waals surface area contributed by atoms with Crippen molar-refractivity contribution in [3.8, 4) is 0 Å². The van der Waals surface area contributed by atoms with Crippen LogP contribution in [0.15, 0.2) is 54.7 Å². The van der Waals surface area contributed by atoms with Crippen LogP contribution in [0.4, 0.5) is 0 Å². The van der Waals surface area contributed by atoms with E-state index in [0.29, 0.717) is 12.5 Å². The summed E-state index contributed by atoms with van der Waals surface area (Å²) in [6.45, 7) is 3.07. The van der Waals surface area contributed by atoms with E-state index in [1.54, 1.807) is 0 Å². The summed E-state index contributed by atoms with van der Waals surface area (Å²) in [5.41, 5.74) is 2.41. The van der Waals surface area contributed by atoms with E-state index in [0.717, 1.165) is 56.8 Å². The van der Waals surface area contributed by atoms with Crippen molar-refractivity contribution in [1.29, 1.82) is 0 Å². The van der Waals surface area contributed by atoms with Gasteiger partial charge < -0.3 is 5.32 Å². The Kier molecular flexibility index (Phi) is 4.79. The Labute approximate surface area is 170 Å². The smallest absolute Gasteiger partial charge is 0.234 e. The Bertz CT molecular complexity index is 987. The Morgan fingerprint density at radius 1 is 1.03 bits per heavy atom. The Morgan fingerprint density at radius 3 is 2.55 bits per heavy atom. The molecule has 0 radical (unpaired) electrons. The van der Waals surface area contributed by atoms with E-state index in [-0.39, 0.29) is 11.3 Å². The highest BCUT2D eigenvalue weighted by Crippen LogP contribution is 2.47. The van der Waals surface area contributed by atoms with Gasteiger partial charge in [0.25, 0.3) is 0 Å². The Balaban J connectivity index is 1.12. The third-order valence-corrected chi connectivity index (χ3v) is 6.52. The standard InChI is InChI=1S/C23H27N5O/c29-21(24-17-23(11-12-23)19-6-2-1-3-7-19)16-27-14-9-18(10-15-27)22-26-25-20-8-4-5-13-28(20)22/h1-8,13,18H,9-12,14-17H2,(H,24,29). The second-order valence-electron chi connectivity index (χ2n) is 8.46. The van der Waals surface area contributed by atoms with E-state index in [1.165, 1.54) is 5.56 Å². The second-order valence-corrected chi connectivity index (χ2v) is 8.46. The van der Waals surface area contributed by atoms with Crippen LogP contribution in [0.3, 0.4) is 0 Å². The fourth-order valence-corrected chi connectivity index (χ4v) is 4.52. The average Bonchev–Trinajstić information content (AvgIpc) is 3.45. The van der Waals surface area contributed by atoms with Crippen molar-refractivity contribution >= 4 is 11.6 Å². The maximum Gasteiger partial charge on any atom is 0.234 e. The summed E-state index contributed by atoms with van der Waals surface area (Å²) in [5, 5.41) is 11.9. The van der Waals surface area contributed by atoms with Crippen LogP contribution in [-0.4, -0.2) is 51.6 Å². The first-order valence-electron chi connectivity index (χ1n) is 10.6. The molecule has 2 fully saturated rings. The minimum absolute atomic E-state index is 0.138. The molecule has 1 aliphatic carbocycles. The van der Waals surface area contributed by atoms with E-state index in [9.17, 15) is 4.79 Å². The Morgan fingerprint density at radius 2 is 1.79 bits per heavy atom. The molecule has 1 aliphatic heterocycles. The van der Waals surface area contributed by atoms with Crippen LogP contribution in [0.1, 0.15) is 43.0 Å². The third kappa shape index (κ3) is 3.77. The highest BCUT2D eigenvalue weighted by Gasteiger charge is 2.44. The molecule has 1 amide bonds. The summed E-state index contributed by atoms with van der Waals surface area (Å²) in [6, 6.07) is 16.6. The van der Waals surface area contributed by atoms with Gasteiger partial charge in [0.1, 0.15) is 5.82 Å². The van der Waals surface area contributed by atoms with Crippen LogP contribution >= 0.6 is 0 Å². The molecular formula is C23H27N5O. The lowest BCUT2D eigenvalue weighted by atomic mass is 9.95. The van der Waals surface area contributed by atoms with Crippen molar-refractivity contribution < 1.29 is 4.79 Å². The number of hydrogen-bond donors (Lipinski definition) is 1. The van der Waals surface area contributed by atoms with Crippen LogP contribution in [0.5, 0.6) is 0 Å². The first kappa shape index (κ1) is 18.3. The molecule has 150 valence electrons. The fraction of sp³-hybridized carbons (Fsp3) is 0.435. The number of likely N-dealkylation sites (tertiary alicyclic amines) is 1. The number of carbonyl (C=O) groups excluding carboxylic acids is 1. The molecule has 1 aromatic carbocycles. The zero-order valence-corrected chi connectivity index (χ0v) is 16.6. The number of benzene rings is 1. The van der Waals surface area contributed by atoms with Crippen molar-refractivity contribution in [1.82, 2.24) is 24.8 Å². The number of piperidine rings is 1. The lowest BCUT2D eigenvalue weighted by molar-refractivity contribution is -0.122. The predicted molar refractivity (Wildman–Crippen MR) is 112 cm³/mol. The van der Waals surface area contributed by atoms with Crippen LogP contribution in [0, 0.1) is 0 Å². The van der Waals surface area contributed by atoms with Gasteiger partial charge in [-0.15, -0.1) is 10.2 Å². The molecule has 0 spiro atoms. The lowest BCUT2D eigenvalue weighted by Crippen LogP contribution is -2.43. The third-order valence-electron chi connectivity index (χ3n) is 6.52. The topological polar surface area (TPSA) is 62.5 Å². The van der Waals surface area contributed by atoms with Crippen molar-refractivity contribution in [3.63, 3.8) is 0 Å². The number of fused-ring (bicyclic) bond motifs is 1. The fourth-order valence-electron chi connectivity index (χ4n) is 4.52. The summed E-state index contributed by atoms with van der Waals surface area (Å²) in [7, 11) is 0. The van der Waals surface area contributed by atoms with Gasteiger partial charge in [-0.25, -0.2) is 0 Å². The van der Waals surface area contributed by atoms with E-state index < -0.39 is 0 Å². The number of pyridine rings is 1. The molecular weight excluding hydrogens is 362 g/mol. The molecule has 6 heteroatoms. The monoisotopic (exact) mass is 389 g/mol. The zero-order valence-electron chi connectivity index (χ0n) is 16.6. The van der Waals surface area contributed by atoms with Crippen LogP contribution in [0.2, 0.25) is 0 Å². The maximum absolute atomic E-state index is 12.5. The summed E-state index contributed by atoms with van der Waals surface area (Å²) in [4.78, 5) is 14.8. The maximum atomic E-state index is 12.5. The number of hydrogen-bond acceptors (Lipinski definition) is 4. The molecule has 0 unspecified atom stereocenters. The minimum atomic E-state index is 0.138.